The van der Waals surface area contributed by atoms with Crippen LogP contribution in [0.25, 0.3) is 11.5 Å². The maximum atomic E-state index is 13.4. The molecule has 1 saturated carbocycles. The average molecular weight is 428 g/mol. The fraction of sp³-hybridized carbons (Fsp3) is 0.364. The van der Waals surface area contributed by atoms with Crippen molar-refractivity contribution in [3.05, 3.63) is 71.9 Å². The molecule has 0 bridgehead atoms. The van der Waals surface area contributed by atoms with Gasteiger partial charge in [0.15, 0.2) is 0 Å². The Balaban J connectivity index is 1.24. The summed E-state index contributed by atoms with van der Waals surface area (Å²) in [4.78, 5) is 0. The van der Waals surface area contributed by atoms with E-state index >= 15 is 0 Å². The first-order chi connectivity index (χ1) is 14.5. The van der Waals surface area contributed by atoms with Crippen molar-refractivity contribution in [3.63, 3.8) is 0 Å². The lowest BCUT2D eigenvalue weighted by molar-refractivity contribution is 0.246. The molecule has 1 spiro atoms. The smallest absolute Gasteiger partial charge is 0.247 e. The summed E-state index contributed by atoms with van der Waals surface area (Å²) in [5, 5.41) is 8.26. The van der Waals surface area contributed by atoms with Crippen molar-refractivity contribution in [2.24, 2.45) is 5.41 Å². The Morgan fingerprint density at radius 1 is 1.07 bits per heavy atom. The zero-order valence-corrected chi connectivity index (χ0v) is 17.2. The highest BCUT2D eigenvalue weighted by molar-refractivity contribution is 7.88. The lowest BCUT2D eigenvalue weighted by Crippen LogP contribution is -2.40. The van der Waals surface area contributed by atoms with Gasteiger partial charge in [0.05, 0.1) is 5.75 Å². The fourth-order valence-electron chi connectivity index (χ4n) is 4.45. The summed E-state index contributed by atoms with van der Waals surface area (Å²) >= 11 is 0. The molecule has 30 heavy (non-hydrogen) atoms. The van der Waals surface area contributed by atoms with Crippen LogP contribution in [-0.4, -0.2) is 36.0 Å². The van der Waals surface area contributed by atoms with E-state index < -0.39 is 10.0 Å². The van der Waals surface area contributed by atoms with Gasteiger partial charge in [-0.05, 0) is 48.4 Å². The summed E-state index contributed by atoms with van der Waals surface area (Å²) < 4.78 is 46.4. The number of sulfonamides is 1. The first kappa shape index (κ1) is 19.4. The summed E-state index contributed by atoms with van der Waals surface area (Å²) in [7, 11) is -3.33. The standard InChI is InChI=1S/C22H22FN3O3S/c23-18-8-4-7-17(13-18)20-24-25-21(29-20)19-14-22(19)9-11-26(12-10-22)30(27,28)15-16-5-2-1-3-6-16/h1-8,13,19H,9-12,14-15H2. The molecule has 1 aliphatic carbocycles. The number of hydrogen-bond donors (Lipinski definition) is 0. The minimum absolute atomic E-state index is 0.0323. The molecule has 0 N–H and O–H groups in total. The number of halogens is 1. The molecule has 8 heteroatoms. The molecule has 2 heterocycles. The summed E-state index contributed by atoms with van der Waals surface area (Å²) in [6.07, 6.45) is 2.48. The first-order valence-corrected chi connectivity index (χ1v) is 11.7. The van der Waals surface area contributed by atoms with E-state index in [1.165, 1.54) is 12.1 Å². The Bertz CT molecular complexity index is 1160. The van der Waals surface area contributed by atoms with Gasteiger partial charge in [-0.3, -0.25) is 0 Å². The van der Waals surface area contributed by atoms with Crippen LogP contribution in [0.5, 0.6) is 0 Å². The highest BCUT2D eigenvalue weighted by atomic mass is 32.2. The molecule has 5 rings (SSSR count). The van der Waals surface area contributed by atoms with Crippen LogP contribution in [0.3, 0.4) is 0 Å². The molecule has 1 atom stereocenters. The fourth-order valence-corrected chi connectivity index (χ4v) is 5.98. The van der Waals surface area contributed by atoms with Crippen LogP contribution < -0.4 is 0 Å². The lowest BCUT2D eigenvalue weighted by atomic mass is 9.92. The van der Waals surface area contributed by atoms with Crippen molar-refractivity contribution < 1.29 is 17.2 Å². The van der Waals surface area contributed by atoms with Crippen LogP contribution in [-0.2, 0) is 15.8 Å². The third-order valence-electron chi connectivity index (χ3n) is 6.30. The van der Waals surface area contributed by atoms with E-state index in [-0.39, 0.29) is 22.9 Å². The zero-order valence-electron chi connectivity index (χ0n) is 16.4. The summed E-state index contributed by atoms with van der Waals surface area (Å²) in [5.74, 6) is 0.708. The van der Waals surface area contributed by atoms with Gasteiger partial charge in [0.2, 0.25) is 21.8 Å². The summed E-state index contributed by atoms with van der Waals surface area (Å²) in [6.45, 7) is 1.02. The molecular weight excluding hydrogens is 405 g/mol. The van der Waals surface area contributed by atoms with E-state index in [1.807, 2.05) is 30.3 Å². The van der Waals surface area contributed by atoms with Crippen LogP contribution in [0.1, 0.15) is 36.6 Å². The third kappa shape index (κ3) is 3.65. The average Bonchev–Trinajstić information content (AvgIpc) is 3.20. The van der Waals surface area contributed by atoms with Crippen molar-refractivity contribution in [3.8, 4) is 11.5 Å². The Labute approximate surface area is 174 Å². The molecule has 0 amide bonds. The van der Waals surface area contributed by atoms with Gasteiger partial charge in [-0.1, -0.05) is 36.4 Å². The molecule has 1 aromatic heterocycles. The van der Waals surface area contributed by atoms with Crippen LogP contribution >= 0.6 is 0 Å². The quantitative estimate of drug-likeness (QED) is 0.616. The molecule has 2 aromatic carbocycles. The Morgan fingerprint density at radius 2 is 1.83 bits per heavy atom. The van der Waals surface area contributed by atoms with Crippen molar-refractivity contribution in [2.45, 2.75) is 30.9 Å². The molecule has 1 aliphatic heterocycles. The van der Waals surface area contributed by atoms with Gasteiger partial charge >= 0.3 is 0 Å². The molecular formula is C22H22FN3O3S. The van der Waals surface area contributed by atoms with Crippen molar-refractivity contribution in [1.29, 1.82) is 0 Å². The predicted octanol–water partition coefficient (Wildman–Crippen LogP) is 3.98. The second-order valence-electron chi connectivity index (χ2n) is 8.22. The van der Waals surface area contributed by atoms with Crippen LogP contribution in [0.15, 0.2) is 59.0 Å². The van der Waals surface area contributed by atoms with Crippen molar-refractivity contribution in [2.75, 3.05) is 13.1 Å². The van der Waals surface area contributed by atoms with Gasteiger partial charge in [-0.2, -0.15) is 0 Å². The van der Waals surface area contributed by atoms with Crippen LogP contribution in [0, 0.1) is 11.2 Å². The van der Waals surface area contributed by atoms with Gasteiger partial charge in [-0.15, -0.1) is 10.2 Å². The van der Waals surface area contributed by atoms with Gasteiger partial charge in [-0.25, -0.2) is 17.1 Å². The second kappa shape index (κ2) is 7.28. The Morgan fingerprint density at radius 3 is 2.57 bits per heavy atom. The Kier molecular flexibility index (Phi) is 4.71. The van der Waals surface area contributed by atoms with Gasteiger partial charge in [0, 0.05) is 24.6 Å². The van der Waals surface area contributed by atoms with Crippen molar-refractivity contribution in [1.82, 2.24) is 14.5 Å². The van der Waals surface area contributed by atoms with Gasteiger partial charge < -0.3 is 4.42 Å². The van der Waals surface area contributed by atoms with Crippen LogP contribution in [0.4, 0.5) is 4.39 Å². The second-order valence-corrected chi connectivity index (χ2v) is 10.2. The number of rotatable bonds is 5. The van der Waals surface area contributed by atoms with Crippen molar-refractivity contribution >= 4 is 10.0 Å². The number of nitrogens with zero attached hydrogens (tertiary/aromatic N) is 3. The monoisotopic (exact) mass is 427 g/mol. The first-order valence-electron chi connectivity index (χ1n) is 10.1. The highest BCUT2D eigenvalue weighted by Gasteiger charge is 2.58. The van der Waals surface area contributed by atoms with E-state index in [0.717, 1.165) is 24.8 Å². The van der Waals surface area contributed by atoms with Gasteiger partial charge in [0.25, 0.3) is 0 Å². The third-order valence-corrected chi connectivity index (χ3v) is 8.15. The molecule has 0 radical (unpaired) electrons. The molecule has 6 nitrogen and oxygen atoms in total. The minimum Gasteiger partial charge on any atom is -0.420 e. The zero-order chi connectivity index (χ0) is 20.8. The predicted molar refractivity (Wildman–Crippen MR) is 109 cm³/mol. The molecule has 1 unspecified atom stereocenters. The number of benzene rings is 2. The number of hydrogen-bond acceptors (Lipinski definition) is 5. The summed E-state index contributed by atoms with van der Waals surface area (Å²) in [6, 6.07) is 15.4. The molecule has 1 saturated heterocycles. The SMILES string of the molecule is O=S(=O)(Cc1ccccc1)N1CCC2(CC1)CC2c1nnc(-c2cccc(F)c2)o1. The van der Waals surface area contributed by atoms with E-state index in [0.29, 0.717) is 30.4 Å². The highest BCUT2D eigenvalue weighted by Crippen LogP contribution is 2.64. The number of aromatic nitrogens is 2. The molecule has 2 fully saturated rings. The molecule has 2 aliphatic rings. The topological polar surface area (TPSA) is 76.3 Å². The maximum absolute atomic E-state index is 13.4. The summed E-state index contributed by atoms with van der Waals surface area (Å²) in [5.41, 5.74) is 1.40. The van der Waals surface area contributed by atoms with Crippen LogP contribution in [0.2, 0.25) is 0 Å². The number of piperidine rings is 1. The largest absolute Gasteiger partial charge is 0.420 e. The minimum atomic E-state index is -3.33. The molecule has 156 valence electrons. The van der Waals surface area contributed by atoms with E-state index in [9.17, 15) is 12.8 Å². The molecule has 3 aromatic rings. The van der Waals surface area contributed by atoms with E-state index in [2.05, 4.69) is 10.2 Å². The van der Waals surface area contributed by atoms with E-state index in [4.69, 9.17) is 4.42 Å². The Hall–Kier alpha value is -2.58. The maximum Gasteiger partial charge on any atom is 0.247 e. The normalized spacial score (nSPS) is 21.0. The van der Waals surface area contributed by atoms with E-state index in [1.54, 1.807) is 16.4 Å². The van der Waals surface area contributed by atoms with Gasteiger partial charge in [0.1, 0.15) is 5.82 Å². The lowest BCUT2D eigenvalue weighted by Gasteiger charge is -2.31.